The molecule has 0 fully saturated rings. The Morgan fingerprint density at radius 2 is 1.95 bits per heavy atom. The first-order valence-electron chi connectivity index (χ1n) is 5.33. The lowest BCUT2D eigenvalue weighted by Gasteiger charge is -2.05. The minimum Gasteiger partial charge on any atom is -0.369 e. The number of nitro benzene ring substituents is 1. The van der Waals surface area contributed by atoms with E-state index >= 15 is 0 Å². The van der Waals surface area contributed by atoms with E-state index in [0.29, 0.717) is 10.8 Å². The number of amides is 1. The molecule has 0 spiro atoms. The quantitative estimate of drug-likeness (QED) is 0.673. The van der Waals surface area contributed by atoms with Gasteiger partial charge in [0.15, 0.2) is 0 Å². The Morgan fingerprint density at radius 3 is 2.58 bits per heavy atom. The number of carbonyl (C=O) groups excluding carboxylic acids is 1. The van der Waals surface area contributed by atoms with E-state index in [2.05, 4.69) is 0 Å². The fraction of sp³-hybridized carbons (Fsp3) is 0.0833. The van der Waals surface area contributed by atoms with E-state index in [0.717, 1.165) is 0 Å². The molecule has 19 heavy (non-hydrogen) atoms. The molecule has 0 aliphatic rings. The summed E-state index contributed by atoms with van der Waals surface area (Å²) in [5.74, 6) is -1.19. The molecule has 1 unspecified atom stereocenters. The molecule has 0 saturated carbocycles. The Morgan fingerprint density at radius 1 is 1.26 bits per heavy atom. The maximum atomic E-state index is 11.9. The highest BCUT2D eigenvalue weighted by Crippen LogP contribution is 2.31. The highest BCUT2D eigenvalue weighted by Gasteiger charge is 2.23. The minimum atomic E-state index is -1.82. The van der Waals surface area contributed by atoms with Crippen molar-refractivity contribution in [1.82, 2.24) is 0 Å². The highest BCUT2D eigenvalue weighted by atomic mass is 32.2. The number of nitrogens with zero attached hydrogens (tertiary/aromatic N) is 1. The molecule has 2 N–H and O–H groups in total. The van der Waals surface area contributed by atoms with Crippen LogP contribution in [0.25, 0.3) is 10.8 Å². The molecule has 2 aromatic rings. The predicted molar refractivity (Wildman–Crippen MR) is 71.1 cm³/mol. The van der Waals surface area contributed by atoms with Crippen LogP contribution in [-0.2, 0) is 15.6 Å². The van der Waals surface area contributed by atoms with Gasteiger partial charge in [-0.2, -0.15) is 0 Å². The van der Waals surface area contributed by atoms with Crippen LogP contribution in [-0.4, -0.2) is 20.8 Å². The molecule has 7 heteroatoms. The molecule has 0 radical (unpaired) electrons. The van der Waals surface area contributed by atoms with Gasteiger partial charge in [0.2, 0.25) is 5.91 Å². The summed E-state index contributed by atoms with van der Waals surface area (Å²) in [5, 5.41) is 12.2. The lowest BCUT2D eigenvalue weighted by Crippen LogP contribution is -2.19. The van der Waals surface area contributed by atoms with Gasteiger partial charge in [0, 0.05) is 0 Å². The second kappa shape index (κ2) is 5.15. The van der Waals surface area contributed by atoms with Gasteiger partial charge < -0.3 is 5.73 Å². The zero-order chi connectivity index (χ0) is 14.0. The third-order valence-electron chi connectivity index (χ3n) is 2.56. The van der Waals surface area contributed by atoms with Crippen LogP contribution in [0.15, 0.2) is 41.3 Å². The fourth-order valence-electron chi connectivity index (χ4n) is 1.81. The first-order chi connectivity index (χ1) is 9.00. The Bertz CT molecular complexity index is 699. The predicted octanol–water partition coefficient (Wildman–Crippen LogP) is 1.34. The van der Waals surface area contributed by atoms with E-state index in [9.17, 15) is 19.1 Å². The zero-order valence-corrected chi connectivity index (χ0v) is 10.6. The summed E-state index contributed by atoms with van der Waals surface area (Å²) in [6.07, 6.45) is 0. The van der Waals surface area contributed by atoms with E-state index in [1.54, 1.807) is 30.3 Å². The monoisotopic (exact) mass is 278 g/mol. The van der Waals surface area contributed by atoms with Crippen molar-refractivity contribution in [2.75, 3.05) is 5.75 Å². The van der Waals surface area contributed by atoms with Crippen molar-refractivity contribution in [3.05, 3.63) is 46.5 Å². The SMILES string of the molecule is NC(=O)CS(=O)c1ccc2ccccc2c1[N+](=O)[O-]. The maximum absolute atomic E-state index is 11.9. The summed E-state index contributed by atoms with van der Waals surface area (Å²) in [4.78, 5) is 21.4. The van der Waals surface area contributed by atoms with Crippen molar-refractivity contribution in [2.45, 2.75) is 4.90 Å². The fourth-order valence-corrected chi connectivity index (χ4v) is 2.85. The molecular formula is C12H10N2O4S. The van der Waals surface area contributed by atoms with E-state index in [1.807, 2.05) is 0 Å². The van der Waals surface area contributed by atoms with Crippen molar-refractivity contribution in [3.63, 3.8) is 0 Å². The van der Waals surface area contributed by atoms with Gasteiger partial charge in [-0.25, -0.2) is 0 Å². The van der Waals surface area contributed by atoms with Crippen LogP contribution in [0.1, 0.15) is 0 Å². The molecule has 0 heterocycles. The van der Waals surface area contributed by atoms with Crippen molar-refractivity contribution in [1.29, 1.82) is 0 Å². The number of benzene rings is 2. The van der Waals surface area contributed by atoms with Crippen LogP contribution in [0.4, 0.5) is 5.69 Å². The number of nitrogens with two attached hydrogens (primary N) is 1. The number of rotatable bonds is 4. The lowest BCUT2D eigenvalue weighted by molar-refractivity contribution is -0.385. The van der Waals surface area contributed by atoms with Gasteiger partial charge in [-0.15, -0.1) is 0 Å². The van der Waals surface area contributed by atoms with Gasteiger partial charge in [-0.1, -0.05) is 24.3 Å². The number of fused-ring (bicyclic) bond motifs is 1. The summed E-state index contributed by atoms with van der Waals surface area (Å²) < 4.78 is 11.9. The Labute approximate surface area is 110 Å². The van der Waals surface area contributed by atoms with Gasteiger partial charge in [0.05, 0.1) is 21.1 Å². The van der Waals surface area contributed by atoms with Crippen molar-refractivity contribution >= 4 is 33.2 Å². The standard InChI is InChI=1S/C12H10N2O4S/c13-11(15)7-19(18)10-6-5-8-3-1-2-4-9(8)12(10)14(16)17/h1-6H,7H2,(H2,13,15). The van der Waals surface area contributed by atoms with Gasteiger partial charge in [0.25, 0.3) is 5.69 Å². The normalized spacial score (nSPS) is 12.2. The number of primary amides is 1. The smallest absolute Gasteiger partial charge is 0.293 e. The number of carbonyl (C=O) groups is 1. The maximum Gasteiger partial charge on any atom is 0.293 e. The van der Waals surface area contributed by atoms with Gasteiger partial charge in [-0.3, -0.25) is 19.1 Å². The summed E-state index contributed by atoms with van der Waals surface area (Å²) in [7, 11) is -1.82. The number of nitro groups is 1. The summed E-state index contributed by atoms with van der Waals surface area (Å²) in [5.41, 5.74) is 4.73. The average Bonchev–Trinajstić information content (AvgIpc) is 2.36. The molecule has 98 valence electrons. The highest BCUT2D eigenvalue weighted by molar-refractivity contribution is 7.86. The van der Waals surface area contributed by atoms with Crippen molar-refractivity contribution in [2.24, 2.45) is 5.73 Å². The minimum absolute atomic E-state index is 0.0162. The first-order valence-corrected chi connectivity index (χ1v) is 6.65. The molecule has 0 bridgehead atoms. The van der Waals surface area contributed by atoms with Gasteiger partial charge in [-0.05, 0) is 17.5 Å². The summed E-state index contributed by atoms with van der Waals surface area (Å²) in [6.45, 7) is 0. The van der Waals surface area contributed by atoms with E-state index in [4.69, 9.17) is 5.73 Å². The van der Waals surface area contributed by atoms with Gasteiger partial charge in [0.1, 0.15) is 10.6 Å². The summed E-state index contributed by atoms with van der Waals surface area (Å²) >= 11 is 0. The number of hydrogen-bond donors (Lipinski definition) is 1. The molecule has 1 atom stereocenters. The van der Waals surface area contributed by atoms with E-state index in [-0.39, 0.29) is 10.6 Å². The Balaban J connectivity index is 2.67. The van der Waals surface area contributed by atoms with Crippen LogP contribution in [0, 0.1) is 10.1 Å². The van der Waals surface area contributed by atoms with Crippen LogP contribution < -0.4 is 5.73 Å². The van der Waals surface area contributed by atoms with E-state index in [1.165, 1.54) is 6.07 Å². The molecule has 2 rings (SSSR count). The number of hydrogen-bond acceptors (Lipinski definition) is 4. The Kier molecular flexibility index (Phi) is 3.57. The van der Waals surface area contributed by atoms with Crippen molar-refractivity contribution < 1.29 is 13.9 Å². The zero-order valence-electron chi connectivity index (χ0n) is 9.74. The lowest BCUT2D eigenvalue weighted by atomic mass is 10.1. The third kappa shape index (κ3) is 2.60. The molecule has 2 aromatic carbocycles. The van der Waals surface area contributed by atoms with Crippen molar-refractivity contribution in [3.8, 4) is 0 Å². The van der Waals surface area contributed by atoms with Gasteiger partial charge >= 0.3 is 0 Å². The average molecular weight is 278 g/mol. The molecule has 0 aliphatic carbocycles. The molecule has 6 nitrogen and oxygen atoms in total. The van der Waals surface area contributed by atoms with Crippen LogP contribution in [0.5, 0.6) is 0 Å². The molecule has 0 aliphatic heterocycles. The second-order valence-electron chi connectivity index (χ2n) is 3.85. The molecule has 0 aromatic heterocycles. The first kappa shape index (κ1) is 13.2. The van der Waals surface area contributed by atoms with E-state index < -0.39 is 27.4 Å². The van der Waals surface area contributed by atoms with Crippen LogP contribution >= 0.6 is 0 Å². The topological polar surface area (TPSA) is 103 Å². The molecule has 1 amide bonds. The molecular weight excluding hydrogens is 268 g/mol. The second-order valence-corrected chi connectivity index (χ2v) is 5.27. The largest absolute Gasteiger partial charge is 0.369 e. The summed E-state index contributed by atoms with van der Waals surface area (Å²) in [6, 6.07) is 9.76. The van der Waals surface area contributed by atoms with Crippen LogP contribution in [0.3, 0.4) is 0 Å². The third-order valence-corrected chi connectivity index (χ3v) is 3.93. The Hall–Kier alpha value is -2.28. The van der Waals surface area contributed by atoms with Crippen LogP contribution in [0.2, 0.25) is 0 Å². The molecule has 0 saturated heterocycles.